The molecule has 0 aliphatic heterocycles. The molecule has 0 radical (unpaired) electrons. The molecule has 0 aliphatic rings. The monoisotopic (exact) mass is 332 g/mol. The number of anilines is 1. The molecule has 0 aromatic heterocycles. The van der Waals surface area contributed by atoms with Crippen molar-refractivity contribution in [2.75, 3.05) is 18.5 Å². The number of aryl methyl sites for hydroxylation is 1. The fourth-order valence-corrected chi connectivity index (χ4v) is 2.01. The van der Waals surface area contributed by atoms with Crippen molar-refractivity contribution in [2.24, 2.45) is 0 Å². The average molecular weight is 333 g/mol. The van der Waals surface area contributed by atoms with Crippen LogP contribution in [0.1, 0.15) is 19.4 Å². The zero-order valence-electron chi connectivity index (χ0n) is 11.2. The number of rotatable bonds is 4. The van der Waals surface area contributed by atoms with E-state index in [0.717, 1.165) is 0 Å². The van der Waals surface area contributed by atoms with E-state index < -0.39 is 0 Å². The molecule has 1 rings (SSSR count). The van der Waals surface area contributed by atoms with Gasteiger partial charge in [0.05, 0.1) is 11.1 Å². The van der Waals surface area contributed by atoms with Gasteiger partial charge in [-0.15, -0.1) is 0 Å². The van der Waals surface area contributed by atoms with Gasteiger partial charge in [0.1, 0.15) is 5.82 Å². The van der Waals surface area contributed by atoms with Gasteiger partial charge >= 0.3 is 6.03 Å². The van der Waals surface area contributed by atoms with Crippen molar-refractivity contribution in [3.63, 3.8) is 0 Å². The summed E-state index contributed by atoms with van der Waals surface area (Å²) in [4.78, 5) is 13.6. The van der Waals surface area contributed by atoms with Crippen molar-refractivity contribution in [3.8, 4) is 0 Å². The lowest BCUT2D eigenvalue weighted by molar-refractivity contribution is 0.172. The maximum atomic E-state index is 13.3. The van der Waals surface area contributed by atoms with Crippen molar-refractivity contribution in [2.45, 2.75) is 26.8 Å². The van der Waals surface area contributed by atoms with E-state index in [-0.39, 0.29) is 31.0 Å². The molecule has 0 spiro atoms. The zero-order valence-corrected chi connectivity index (χ0v) is 12.8. The van der Waals surface area contributed by atoms with E-state index in [1.165, 1.54) is 17.0 Å². The van der Waals surface area contributed by atoms with Gasteiger partial charge in [-0.25, -0.2) is 9.18 Å². The molecule has 0 saturated carbocycles. The molecule has 0 aliphatic carbocycles. The fourth-order valence-electron chi connectivity index (χ4n) is 1.67. The van der Waals surface area contributed by atoms with Crippen LogP contribution in [-0.2, 0) is 0 Å². The largest absolute Gasteiger partial charge is 0.395 e. The number of hydrogen-bond donors (Lipinski definition) is 2. The van der Waals surface area contributed by atoms with Gasteiger partial charge in [-0.3, -0.25) is 0 Å². The summed E-state index contributed by atoms with van der Waals surface area (Å²) in [6, 6.07) is 2.54. The normalized spacial score (nSPS) is 10.7. The van der Waals surface area contributed by atoms with E-state index in [1.807, 2.05) is 13.8 Å². The van der Waals surface area contributed by atoms with Crippen molar-refractivity contribution < 1.29 is 14.3 Å². The number of amides is 2. The Labute approximate surface area is 120 Å². The highest BCUT2D eigenvalue weighted by atomic mass is 79.9. The van der Waals surface area contributed by atoms with Gasteiger partial charge < -0.3 is 15.3 Å². The molecule has 106 valence electrons. The maximum Gasteiger partial charge on any atom is 0.322 e. The fraction of sp³-hybridized carbons (Fsp3) is 0.462. The van der Waals surface area contributed by atoms with Crippen molar-refractivity contribution in [1.29, 1.82) is 0 Å². The van der Waals surface area contributed by atoms with Crippen molar-refractivity contribution in [1.82, 2.24) is 4.90 Å². The van der Waals surface area contributed by atoms with Gasteiger partial charge in [0.2, 0.25) is 0 Å². The molecule has 6 heteroatoms. The van der Waals surface area contributed by atoms with E-state index in [0.29, 0.717) is 15.7 Å². The number of nitrogens with one attached hydrogen (secondary N) is 1. The minimum Gasteiger partial charge on any atom is -0.395 e. The Morgan fingerprint density at radius 2 is 2.16 bits per heavy atom. The summed E-state index contributed by atoms with van der Waals surface area (Å²) in [5.41, 5.74) is 1.18. The molecule has 0 bridgehead atoms. The predicted molar refractivity (Wildman–Crippen MR) is 76.8 cm³/mol. The first-order valence-electron chi connectivity index (χ1n) is 6.01. The molecule has 0 fully saturated rings. The maximum absolute atomic E-state index is 13.3. The first kappa shape index (κ1) is 15.9. The van der Waals surface area contributed by atoms with Crippen LogP contribution in [0.4, 0.5) is 14.9 Å². The van der Waals surface area contributed by atoms with Gasteiger partial charge in [-0.05, 0) is 54.4 Å². The molecule has 1 aromatic rings. The second-order valence-corrected chi connectivity index (χ2v) is 5.38. The van der Waals surface area contributed by atoms with Crippen LogP contribution in [0.3, 0.4) is 0 Å². The Hall–Kier alpha value is -1.14. The van der Waals surface area contributed by atoms with Gasteiger partial charge in [0.15, 0.2) is 0 Å². The molecular formula is C13H18BrFN2O2. The van der Waals surface area contributed by atoms with Gasteiger partial charge in [0.25, 0.3) is 0 Å². The highest BCUT2D eigenvalue weighted by molar-refractivity contribution is 9.10. The van der Waals surface area contributed by atoms with Crippen LogP contribution in [0.2, 0.25) is 0 Å². The van der Waals surface area contributed by atoms with E-state index in [9.17, 15) is 9.18 Å². The van der Waals surface area contributed by atoms with Crippen LogP contribution in [-0.4, -0.2) is 35.2 Å². The topological polar surface area (TPSA) is 52.6 Å². The number of carbonyl (C=O) groups excluding carboxylic acids is 1. The molecule has 0 saturated heterocycles. The highest BCUT2D eigenvalue weighted by Gasteiger charge is 2.17. The van der Waals surface area contributed by atoms with E-state index in [4.69, 9.17) is 5.11 Å². The number of aliphatic hydroxyl groups is 1. The third-order valence-corrected chi connectivity index (χ3v) is 3.34. The first-order chi connectivity index (χ1) is 8.86. The Balaban J connectivity index is 2.89. The molecular weight excluding hydrogens is 315 g/mol. The zero-order chi connectivity index (χ0) is 14.6. The molecule has 0 heterocycles. The number of halogens is 2. The molecule has 2 amide bonds. The van der Waals surface area contributed by atoms with Crippen LogP contribution >= 0.6 is 15.9 Å². The van der Waals surface area contributed by atoms with Crippen molar-refractivity contribution >= 4 is 27.6 Å². The van der Waals surface area contributed by atoms with Gasteiger partial charge in [-0.1, -0.05) is 0 Å². The minimum absolute atomic E-state index is 0.0312. The Bertz CT molecular complexity index is 466. The van der Waals surface area contributed by atoms with Crippen LogP contribution in [0.15, 0.2) is 16.6 Å². The molecule has 0 unspecified atom stereocenters. The second kappa shape index (κ2) is 6.86. The number of aliphatic hydroxyl groups excluding tert-OH is 1. The van der Waals surface area contributed by atoms with Gasteiger partial charge in [0, 0.05) is 18.3 Å². The summed E-state index contributed by atoms with van der Waals surface area (Å²) in [6.45, 7) is 5.60. The third-order valence-electron chi connectivity index (χ3n) is 2.73. The Kier molecular flexibility index (Phi) is 5.75. The summed E-state index contributed by atoms with van der Waals surface area (Å²) < 4.78 is 13.6. The highest BCUT2D eigenvalue weighted by Crippen LogP contribution is 2.24. The summed E-state index contributed by atoms with van der Waals surface area (Å²) in [5, 5.41) is 11.7. The second-order valence-electron chi connectivity index (χ2n) is 4.52. The van der Waals surface area contributed by atoms with E-state index in [1.54, 1.807) is 6.92 Å². The Morgan fingerprint density at radius 1 is 1.53 bits per heavy atom. The predicted octanol–water partition coefficient (Wildman–Crippen LogP) is 3.13. The third kappa shape index (κ3) is 4.18. The number of benzene rings is 1. The average Bonchev–Trinajstić information content (AvgIpc) is 2.32. The SMILES string of the molecule is Cc1cc(F)c(Br)cc1NC(=O)N(CCO)C(C)C. The number of carbonyl (C=O) groups is 1. The smallest absolute Gasteiger partial charge is 0.322 e. The van der Waals surface area contributed by atoms with Crippen LogP contribution < -0.4 is 5.32 Å². The van der Waals surface area contributed by atoms with E-state index >= 15 is 0 Å². The van der Waals surface area contributed by atoms with E-state index in [2.05, 4.69) is 21.2 Å². The van der Waals surface area contributed by atoms with Crippen LogP contribution in [0.5, 0.6) is 0 Å². The summed E-state index contributed by atoms with van der Waals surface area (Å²) >= 11 is 3.09. The number of urea groups is 1. The quantitative estimate of drug-likeness (QED) is 0.889. The lowest BCUT2D eigenvalue weighted by atomic mass is 10.2. The van der Waals surface area contributed by atoms with Gasteiger partial charge in [-0.2, -0.15) is 0 Å². The number of nitrogens with zero attached hydrogens (tertiary/aromatic N) is 1. The lowest BCUT2D eigenvalue weighted by Crippen LogP contribution is -2.41. The molecule has 1 aromatic carbocycles. The van der Waals surface area contributed by atoms with Crippen molar-refractivity contribution in [3.05, 3.63) is 28.0 Å². The minimum atomic E-state index is -0.369. The molecule has 0 atom stereocenters. The van der Waals surface area contributed by atoms with Crippen LogP contribution in [0, 0.1) is 12.7 Å². The number of hydrogen-bond acceptors (Lipinski definition) is 2. The lowest BCUT2D eigenvalue weighted by Gasteiger charge is -2.26. The summed E-state index contributed by atoms with van der Waals surface area (Å²) in [6.07, 6.45) is 0. The first-order valence-corrected chi connectivity index (χ1v) is 6.80. The summed E-state index contributed by atoms with van der Waals surface area (Å²) in [5.74, 6) is -0.369. The summed E-state index contributed by atoms with van der Waals surface area (Å²) in [7, 11) is 0. The molecule has 2 N–H and O–H groups in total. The Morgan fingerprint density at radius 3 is 2.68 bits per heavy atom. The standard InChI is InChI=1S/C13H18BrFN2O2/c1-8(2)17(4-5-18)13(19)16-12-7-10(14)11(15)6-9(12)3/h6-8,18H,4-5H2,1-3H3,(H,16,19). The molecule has 4 nitrogen and oxygen atoms in total. The van der Waals surface area contributed by atoms with Crippen LogP contribution in [0.25, 0.3) is 0 Å². The molecule has 19 heavy (non-hydrogen) atoms.